The van der Waals surface area contributed by atoms with Gasteiger partial charge in [-0.1, -0.05) is 5.16 Å². The molecular formula is C7H11N3O2. The molecule has 1 aromatic rings. The van der Waals surface area contributed by atoms with E-state index in [1.54, 1.807) is 7.11 Å². The number of nitrogen functional groups attached to an aromatic ring is 1. The first-order chi connectivity index (χ1) is 5.81. The lowest BCUT2D eigenvalue weighted by molar-refractivity contribution is 0.0751. The molecule has 1 aromatic heterocycles. The van der Waals surface area contributed by atoms with Gasteiger partial charge in [0.25, 0.3) is 0 Å². The van der Waals surface area contributed by atoms with Gasteiger partial charge in [0.2, 0.25) is 5.82 Å². The molecule has 66 valence electrons. The van der Waals surface area contributed by atoms with Crippen LogP contribution in [0.3, 0.4) is 0 Å². The van der Waals surface area contributed by atoms with Gasteiger partial charge in [-0.15, -0.1) is 0 Å². The number of aromatic nitrogens is 2. The van der Waals surface area contributed by atoms with E-state index in [1.165, 1.54) is 12.8 Å². The molecule has 2 N–H and O–H groups in total. The third-order valence-electron chi connectivity index (χ3n) is 2.02. The minimum atomic E-state index is -0.0361. The van der Waals surface area contributed by atoms with Crippen molar-refractivity contribution in [2.75, 3.05) is 12.8 Å². The summed E-state index contributed by atoms with van der Waals surface area (Å²) in [6.45, 7) is 0. The molecule has 2 rings (SSSR count). The summed E-state index contributed by atoms with van der Waals surface area (Å²) in [5.74, 6) is 1.12. The van der Waals surface area contributed by atoms with Crippen molar-refractivity contribution < 1.29 is 9.26 Å². The molecule has 0 bridgehead atoms. The summed E-state index contributed by atoms with van der Waals surface area (Å²) in [7, 11) is 1.65. The number of hydrogen-bond donors (Lipinski definition) is 1. The van der Waals surface area contributed by atoms with Crippen molar-refractivity contribution in [2.45, 2.75) is 18.9 Å². The summed E-state index contributed by atoms with van der Waals surface area (Å²) < 4.78 is 9.89. The lowest BCUT2D eigenvalue weighted by atomic mass is 10.2. The van der Waals surface area contributed by atoms with Crippen LogP contribution in [-0.2, 0) is 4.74 Å². The van der Waals surface area contributed by atoms with Gasteiger partial charge in [0.05, 0.1) is 0 Å². The Bertz CT molecular complexity index is 269. The highest BCUT2D eigenvalue weighted by molar-refractivity contribution is 5.10. The van der Waals surface area contributed by atoms with Gasteiger partial charge in [0, 0.05) is 7.11 Å². The molecule has 5 heteroatoms. The summed E-state index contributed by atoms with van der Waals surface area (Å²) in [6, 6.07) is 0.104. The Hall–Kier alpha value is -1.10. The van der Waals surface area contributed by atoms with Gasteiger partial charge in [-0.2, -0.15) is 4.98 Å². The fourth-order valence-electron chi connectivity index (χ4n) is 1.27. The topological polar surface area (TPSA) is 74.2 Å². The van der Waals surface area contributed by atoms with E-state index < -0.39 is 0 Å². The van der Waals surface area contributed by atoms with Gasteiger partial charge in [0.15, 0.2) is 0 Å². The van der Waals surface area contributed by atoms with E-state index in [0.29, 0.717) is 11.7 Å². The fraction of sp³-hybridized carbons (Fsp3) is 0.714. The number of nitrogens with two attached hydrogens (primary N) is 1. The second-order valence-electron chi connectivity index (χ2n) is 2.98. The Morgan fingerprint density at radius 3 is 2.83 bits per heavy atom. The van der Waals surface area contributed by atoms with E-state index in [0.717, 1.165) is 0 Å². The number of rotatable bonds is 3. The van der Waals surface area contributed by atoms with Crippen LogP contribution >= 0.6 is 0 Å². The van der Waals surface area contributed by atoms with E-state index in [9.17, 15) is 0 Å². The molecule has 0 spiro atoms. The normalized spacial score (nSPS) is 19.4. The first-order valence-corrected chi connectivity index (χ1v) is 3.93. The SMILES string of the molecule is COC(c1noc(N)n1)C1CC1. The molecule has 1 aliphatic rings. The Morgan fingerprint density at radius 1 is 1.67 bits per heavy atom. The quantitative estimate of drug-likeness (QED) is 0.722. The molecule has 0 aromatic carbocycles. The monoisotopic (exact) mass is 169 g/mol. The fourth-order valence-corrected chi connectivity index (χ4v) is 1.27. The molecule has 5 nitrogen and oxygen atoms in total. The molecular weight excluding hydrogens is 158 g/mol. The number of hydrogen-bond acceptors (Lipinski definition) is 5. The lowest BCUT2D eigenvalue weighted by Crippen LogP contribution is -2.05. The Kier molecular flexibility index (Phi) is 1.73. The second-order valence-corrected chi connectivity index (χ2v) is 2.98. The predicted octanol–water partition coefficient (Wildman–Crippen LogP) is 0.749. The highest BCUT2D eigenvalue weighted by Gasteiger charge is 2.35. The van der Waals surface area contributed by atoms with E-state index in [4.69, 9.17) is 10.5 Å². The van der Waals surface area contributed by atoms with Crippen molar-refractivity contribution in [3.63, 3.8) is 0 Å². The van der Waals surface area contributed by atoms with Crippen LogP contribution in [0.1, 0.15) is 24.8 Å². The smallest absolute Gasteiger partial charge is 0.318 e. The molecule has 1 saturated carbocycles. The van der Waals surface area contributed by atoms with Crippen LogP contribution in [-0.4, -0.2) is 17.3 Å². The third kappa shape index (κ3) is 1.27. The van der Waals surface area contributed by atoms with Crippen molar-refractivity contribution in [1.82, 2.24) is 10.1 Å². The second kappa shape index (κ2) is 2.75. The van der Waals surface area contributed by atoms with Crippen molar-refractivity contribution in [2.24, 2.45) is 5.92 Å². The number of nitrogens with zero attached hydrogens (tertiary/aromatic N) is 2. The Balaban J connectivity index is 2.15. The molecule has 1 fully saturated rings. The lowest BCUT2D eigenvalue weighted by Gasteiger charge is -2.07. The average molecular weight is 169 g/mol. The van der Waals surface area contributed by atoms with Gasteiger partial charge in [-0.25, -0.2) is 0 Å². The van der Waals surface area contributed by atoms with Gasteiger partial charge in [-0.3, -0.25) is 0 Å². The van der Waals surface area contributed by atoms with Crippen LogP contribution in [0.5, 0.6) is 0 Å². The van der Waals surface area contributed by atoms with E-state index in [1.807, 2.05) is 0 Å². The summed E-state index contributed by atoms with van der Waals surface area (Å²) in [5, 5.41) is 3.71. The van der Waals surface area contributed by atoms with Crippen molar-refractivity contribution in [1.29, 1.82) is 0 Å². The van der Waals surface area contributed by atoms with Crippen LogP contribution in [0.2, 0.25) is 0 Å². The summed E-state index contributed by atoms with van der Waals surface area (Å²) >= 11 is 0. The molecule has 12 heavy (non-hydrogen) atoms. The largest absolute Gasteiger partial charge is 0.373 e. The van der Waals surface area contributed by atoms with Crippen LogP contribution < -0.4 is 5.73 Å². The molecule has 0 aliphatic heterocycles. The molecule has 0 amide bonds. The number of anilines is 1. The van der Waals surface area contributed by atoms with Gasteiger partial charge in [0.1, 0.15) is 6.10 Å². The zero-order valence-corrected chi connectivity index (χ0v) is 6.86. The number of methoxy groups -OCH3 is 1. The van der Waals surface area contributed by atoms with Gasteiger partial charge < -0.3 is 15.0 Å². The van der Waals surface area contributed by atoms with Crippen molar-refractivity contribution >= 4 is 6.01 Å². The molecule has 0 saturated heterocycles. The Labute approximate surface area is 69.9 Å². The zero-order valence-electron chi connectivity index (χ0n) is 6.86. The van der Waals surface area contributed by atoms with E-state index in [2.05, 4.69) is 14.7 Å². The highest BCUT2D eigenvalue weighted by atomic mass is 16.5. The molecule has 1 aliphatic carbocycles. The Morgan fingerprint density at radius 2 is 2.42 bits per heavy atom. The van der Waals surface area contributed by atoms with Crippen molar-refractivity contribution in [3.05, 3.63) is 5.82 Å². The predicted molar refractivity (Wildman–Crippen MR) is 41.2 cm³/mol. The zero-order chi connectivity index (χ0) is 8.55. The maximum atomic E-state index is 5.30. The van der Waals surface area contributed by atoms with E-state index >= 15 is 0 Å². The minimum absolute atomic E-state index is 0.0361. The standard InChI is InChI=1S/C7H11N3O2/c1-11-5(4-2-3-4)6-9-7(8)12-10-6/h4-5H,2-3H2,1H3,(H2,8,9,10). The van der Waals surface area contributed by atoms with Crippen LogP contribution in [0.4, 0.5) is 6.01 Å². The van der Waals surface area contributed by atoms with Gasteiger partial charge >= 0.3 is 6.01 Å². The first-order valence-electron chi connectivity index (χ1n) is 3.93. The molecule has 1 unspecified atom stereocenters. The molecule has 0 radical (unpaired) electrons. The highest BCUT2D eigenvalue weighted by Crippen LogP contribution is 2.41. The summed E-state index contributed by atoms with van der Waals surface area (Å²) in [4.78, 5) is 3.92. The average Bonchev–Trinajstić information content (AvgIpc) is 2.78. The maximum Gasteiger partial charge on any atom is 0.318 e. The van der Waals surface area contributed by atoms with Crippen LogP contribution in [0.15, 0.2) is 4.52 Å². The molecule has 1 heterocycles. The maximum absolute atomic E-state index is 5.30. The van der Waals surface area contributed by atoms with Crippen LogP contribution in [0, 0.1) is 5.92 Å². The summed E-state index contributed by atoms with van der Waals surface area (Å²) in [6.07, 6.45) is 2.31. The van der Waals surface area contributed by atoms with Crippen molar-refractivity contribution in [3.8, 4) is 0 Å². The van der Waals surface area contributed by atoms with Gasteiger partial charge in [-0.05, 0) is 18.8 Å². The van der Waals surface area contributed by atoms with E-state index in [-0.39, 0.29) is 12.1 Å². The minimum Gasteiger partial charge on any atom is -0.373 e. The third-order valence-corrected chi connectivity index (χ3v) is 2.02. The van der Waals surface area contributed by atoms with Crippen LogP contribution in [0.25, 0.3) is 0 Å². The summed E-state index contributed by atoms with van der Waals surface area (Å²) in [5.41, 5.74) is 5.30. The molecule has 1 atom stereocenters. The first kappa shape index (κ1) is 7.54. The number of ether oxygens (including phenoxy) is 1.